The fraction of sp³-hybridized carbons (Fsp3) is 0.571. The van der Waals surface area contributed by atoms with Gasteiger partial charge in [0.05, 0.1) is 6.61 Å². The summed E-state index contributed by atoms with van der Waals surface area (Å²) in [5.74, 6) is 0. The first-order valence-electron chi connectivity index (χ1n) is 7.23. The van der Waals surface area contributed by atoms with Gasteiger partial charge in [-0.1, -0.05) is 24.3 Å². The third-order valence-corrected chi connectivity index (χ3v) is 5.00. The zero-order chi connectivity index (χ0) is 15.1. The minimum Gasteiger partial charge on any atom is -0.377 e. The number of hydrogen-bond donors (Lipinski definition) is 2. The van der Waals surface area contributed by atoms with Gasteiger partial charge >= 0.3 is 0 Å². The van der Waals surface area contributed by atoms with Crippen LogP contribution >= 0.6 is 0 Å². The summed E-state index contributed by atoms with van der Waals surface area (Å²) in [5.41, 5.74) is 1.96. The maximum atomic E-state index is 12.2. The molecule has 1 aliphatic heterocycles. The monoisotopic (exact) mass is 313 g/mol. The highest BCUT2D eigenvalue weighted by Crippen LogP contribution is 2.11. The smallest absolute Gasteiger partial charge is 0.279 e. The van der Waals surface area contributed by atoms with Crippen molar-refractivity contribution < 1.29 is 13.2 Å². The molecule has 1 aliphatic rings. The van der Waals surface area contributed by atoms with Gasteiger partial charge in [0.1, 0.15) is 0 Å². The van der Waals surface area contributed by atoms with Gasteiger partial charge in [0, 0.05) is 39.3 Å². The Bertz CT molecular complexity index is 542. The molecular formula is C14H23N3O3S. The lowest BCUT2D eigenvalue weighted by Gasteiger charge is -2.26. The molecule has 1 heterocycles. The summed E-state index contributed by atoms with van der Waals surface area (Å²) in [6.45, 7) is 5.78. The standard InChI is InChI=1S/C14H23N3O3S/c1-2-20-12-14-6-4-3-5-13(14)11-16-21(18,19)17-9-7-15-8-10-17/h3-6,15-16H,2,7-12H2,1H3. The fourth-order valence-electron chi connectivity index (χ4n) is 2.23. The van der Waals surface area contributed by atoms with E-state index in [0.717, 1.165) is 11.1 Å². The van der Waals surface area contributed by atoms with Crippen LogP contribution in [-0.2, 0) is 28.1 Å². The van der Waals surface area contributed by atoms with Crippen LogP contribution in [0.15, 0.2) is 24.3 Å². The van der Waals surface area contributed by atoms with Crippen LogP contribution in [0, 0.1) is 0 Å². The second-order valence-corrected chi connectivity index (χ2v) is 6.64. The first-order chi connectivity index (χ1) is 10.1. The first kappa shape index (κ1) is 16.4. The van der Waals surface area contributed by atoms with Crippen molar-refractivity contribution in [3.8, 4) is 0 Å². The SMILES string of the molecule is CCOCc1ccccc1CNS(=O)(=O)N1CCNCC1. The van der Waals surface area contributed by atoms with Crippen molar-refractivity contribution in [3.05, 3.63) is 35.4 Å². The van der Waals surface area contributed by atoms with Crippen molar-refractivity contribution in [1.29, 1.82) is 0 Å². The minimum atomic E-state index is -3.42. The summed E-state index contributed by atoms with van der Waals surface area (Å²) in [5, 5.41) is 3.14. The number of nitrogens with one attached hydrogen (secondary N) is 2. The fourth-order valence-corrected chi connectivity index (χ4v) is 3.41. The highest BCUT2D eigenvalue weighted by Gasteiger charge is 2.23. The summed E-state index contributed by atoms with van der Waals surface area (Å²) >= 11 is 0. The van der Waals surface area contributed by atoms with Crippen molar-refractivity contribution in [2.24, 2.45) is 0 Å². The summed E-state index contributed by atoms with van der Waals surface area (Å²) in [4.78, 5) is 0. The molecule has 0 bridgehead atoms. The lowest BCUT2D eigenvalue weighted by atomic mass is 10.1. The highest BCUT2D eigenvalue weighted by molar-refractivity contribution is 7.87. The van der Waals surface area contributed by atoms with E-state index in [1.807, 2.05) is 31.2 Å². The Balaban J connectivity index is 1.98. The predicted octanol–water partition coefficient (Wildman–Crippen LogP) is 0.463. The van der Waals surface area contributed by atoms with Crippen molar-refractivity contribution in [2.75, 3.05) is 32.8 Å². The van der Waals surface area contributed by atoms with Crippen molar-refractivity contribution in [3.63, 3.8) is 0 Å². The van der Waals surface area contributed by atoms with Crippen LogP contribution in [0.5, 0.6) is 0 Å². The topological polar surface area (TPSA) is 70.7 Å². The lowest BCUT2D eigenvalue weighted by Crippen LogP contribution is -2.50. The Hall–Kier alpha value is -0.990. The van der Waals surface area contributed by atoms with Gasteiger partial charge in [-0.2, -0.15) is 17.4 Å². The molecule has 0 saturated carbocycles. The average Bonchev–Trinajstić information content (AvgIpc) is 2.52. The minimum absolute atomic E-state index is 0.287. The molecule has 1 aromatic rings. The van der Waals surface area contributed by atoms with E-state index >= 15 is 0 Å². The number of hydrogen-bond acceptors (Lipinski definition) is 4. The Kier molecular flexibility index (Phi) is 6.13. The number of piperazine rings is 1. The molecule has 1 saturated heterocycles. The quantitative estimate of drug-likeness (QED) is 0.767. The Labute approximate surface area is 126 Å². The van der Waals surface area contributed by atoms with Crippen LogP contribution in [0.4, 0.5) is 0 Å². The molecule has 2 rings (SSSR count). The van der Waals surface area contributed by atoms with E-state index in [-0.39, 0.29) is 6.54 Å². The molecule has 0 aliphatic carbocycles. The molecule has 6 nitrogen and oxygen atoms in total. The molecule has 0 amide bonds. The van der Waals surface area contributed by atoms with Crippen LogP contribution in [-0.4, -0.2) is 45.5 Å². The van der Waals surface area contributed by atoms with Gasteiger partial charge in [-0.05, 0) is 18.1 Å². The van der Waals surface area contributed by atoms with Crippen LogP contribution in [0.2, 0.25) is 0 Å². The van der Waals surface area contributed by atoms with Gasteiger partial charge in [0.2, 0.25) is 0 Å². The number of rotatable bonds is 7. The molecule has 1 aromatic carbocycles. The summed E-state index contributed by atoms with van der Waals surface area (Å²) in [6.07, 6.45) is 0. The second kappa shape index (κ2) is 7.86. The van der Waals surface area contributed by atoms with Crippen molar-refractivity contribution >= 4 is 10.2 Å². The van der Waals surface area contributed by atoms with Gasteiger partial charge < -0.3 is 10.1 Å². The average molecular weight is 313 g/mol. The Morgan fingerprint density at radius 1 is 1.24 bits per heavy atom. The molecule has 21 heavy (non-hydrogen) atoms. The van der Waals surface area contributed by atoms with Gasteiger partial charge in [0.15, 0.2) is 0 Å². The Morgan fingerprint density at radius 3 is 2.57 bits per heavy atom. The molecule has 1 fully saturated rings. The first-order valence-corrected chi connectivity index (χ1v) is 8.67. The van der Waals surface area contributed by atoms with Crippen LogP contribution < -0.4 is 10.0 Å². The predicted molar refractivity (Wildman–Crippen MR) is 82.0 cm³/mol. The molecule has 0 spiro atoms. The summed E-state index contributed by atoms with van der Waals surface area (Å²) in [7, 11) is -3.42. The van der Waals surface area contributed by atoms with Crippen LogP contribution in [0.25, 0.3) is 0 Å². The van der Waals surface area contributed by atoms with Crippen molar-refractivity contribution in [1.82, 2.24) is 14.3 Å². The van der Waals surface area contributed by atoms with E-state index in [9.17, 15) is 8.42 Å². The third-order valence-electron chi connectivity index (χ3n) is 3.44. The number of benzene rings is 1. The molecule has 0 radical (unpaired) electrons. The molecule has 0 aromatic heterocycles. The van der Waals surface area contributed by atoms with Gasteiger partial charge in [-0.25, -0.2) is 0 Å². The molecule has 2 N–H and O–H groups in total. The molecule has 118 valence electrons. The zero-order valence-corrected chi connectivity index (χ0v) is 13.2. The van der Waals surface area contributed by atoms with Crippen LogP contribution in [0.3, 0.4) is 0 Å². The molecule has 7 heteroatoms. The Morgan fingerprint density at radius 2 is 1.90 bits per heavy atom. The maximum absolute atomic E-state index is 12.2. The maximum Gasteiger partial charge on any atom is 0.279 e. The van der Waals surface area contributed by atoms with Gasteiger partial charge in [0.25, 0.3) is 10.2 Å². The van der Waals surface area contributed by atoms with E-state index in [1.165, 1.54) is 4.31 Å². The number of ether oxygens (including phenoxy) is 1. The van der Waals surface area contributed by atoms with Crippen molar-refractivity contribution in [2.45, 2.75) is 20.1 Å². The van der Waals surface area contributed by atoms with E-state index in [1.54, 1.807) is 0 Å². The van der Waals surface area contributed by atoms with Gasteiger partial charge in [-0.15, -0.1) is 0 Å². The summed E-state index contributed by atoms with van der Waals surface area (Å²) < 4.78 is 34.1. The van der Waals surface area contributed by atoms with E-state index in [0.29, 0.717) is 39.4 Å². The highest BCUT2D eigenvalue weighted by atomic mass is 32.2. The van der Waals surface area contributed by atoms with Crippen LogP contribution in [0.1, 0.15) is 18.1 Å². The lowest BCUT2D eigenvalue weighted by molar-refractivity contribution is 0.133. The molecule has 0 atom stereocenters. The molecular weight excluding hydrogens is 290 g/mol. The summed E-state index contributed by atoms with van der Waals surface area (Å²) in [6, 6.07) is 7.73. The van der Waals surface area contributed by atoms with E-state index in [2.05, 4.69) is 10.0 Å². The normalized spacial score (nSPS) is 17.0. The third kappa shape index (κ3) is 4.76. The second-order valence-electron chi connectivity index (χ2n) is 4.88. The van der Waals surface area contributed by atoms with Gasteiger partial charge in [-0.3, -0.25) is 0 Å². The zero-order valence-electron chi connectivity index (χ0n) is 12.3. The largest absolute Gasteiger partial charge is 0.377 e. The van der Waals surface area contributed by atoms with E-state index < -0.39 is 10.2 Å². The van der Waals surface area contributed by atoms with E-state index in [4.69, 9.17) is 4.74 Å². The molecule has 0 unspecified atom stereocenters. The number of nitrogens with zero attached hydrogens (tertiary/aromatic N) is 1.